The SMILES string of the molecule is CCCCCOC(=O)Cc1c(C)n(CCCCC)c2nc(-c3ccc(Cl)cc3)cn2c1=O. The van der Waals surface area contributed by atoms with Gasteiger partial charge in [0.05, 0.1) is 18.7 Å². The highest BCUT2D eigenvalue weighted by molar-refractivity contribution is 6.30. The van der Waals surface area contributed by atoms with Gasteiger partial charge in [0.2, 0.25) is 5.78 Å². The summed E-state index contributed by atoms with van der Waals surface area (Å²) >= 11 is 6.02. The van der Waals surface area contributed by atoms with E-state index < -0.39 is 0 Å². The van der Waals surface area contributed by atoms with Crippen molar-refractivity contribution in [1.82, 2.24) is 14.0 Å². The van der Waals surface area contributed by atoms with Crippen LogP contribution >= 0.6 is 11.6 Å². The largest absolute Gasteiger partial charge is 0.465 e. The molecular formula is C25H32ClN3O3. The Morgan fingerprint density at radius 3 is 2.44 bits per heavy atom. The van der Waals surface area contributed by atoms with E-state index in [4.69, 9.17) is 21.3 Å². The minimum Gasteiger partial charge on any atom is -0.465 e. The standard InChI is InChI=1S/C25H32ClN3O3/c1-4-6-8-14-28-18(3)21(16-23(30)32-15-9-7-5-2)24(31)29-17-22(27-25(28)29)19-10-12-20(26)13-11-19/h10-13,17H,4-9,14-16H2,1-3H3. The first-order chi connectivity index (χ1) is 15.5. The zero-order valence-electron chi connectivity index (χ0n) is 19.2. The van der Waals surface area contributed by atoms with E-state index in [1.165, 1.54) is 0 Å². The quantitative estimate of drug-likeness (QED) is 0.278. The van der Waals surface area contributed by atoms with Gasteiger partial charge in [0.25, 0.3) is 5.56 Å². The van der Waals surface area contributed by atoms with Crippen molar-refractivity contribution in [2.75, 3.05) is 6.61 Å². The number of aromatic nitrogens is 3. The molecule has 0 atom stereocenters. The zero-order chi connectivity index (χ0) is 23.1. The van der Waals surface area contributed by atoms with Crippen molar-refractivity contribution in [1.29, 1.82) is 0 Å². The smallest absolute Gasteiger partial charge is 0.310 e. The fraction of sp³-hybridized carbons (Fsp3) is 0.480. The van der Waals surface area contributed by atoms with Crippen LogP contribution in [0.2, 0.25) is 5.02 Å². The Morgan fingerprint density at radius 1 is 1.06 bits per heavy atom. The molecule has 0 saturated heterocycles. The van der Waals surface area contributed by atoms with Gasteiger partial charge < -0.3 is 9.30 Å². The van der Waals surface area contributed by atoms with Gasteiger partial charge in [0.15, 0.2) is 0 Å². The van der Waals surface area contributed by atoms with Gasteiger partial charge in [-0.05, 0) is 31.9 Å². The molecule has 7 heteroatoms. The number of hydrogen-bond acceptors (Lipinski definition) is 4. The minimum atomic E-state index is -0.362. The molecule has 0 amide bonds. The van der Waals surface area contributed by atoms with Crippen molar-refractivity contribution < 1.29 is 9.53 Å². The van der Waals surface area contributed by atoms with Crippen LogP contribution in [0.4, 0.5) is 0 Å². The van der Waals surface area contributed by atoms with Crippen LogP contribution < -0.4 is 5.56 Å². The molecule has 3 rings (SSSR count). The van der Waals surface area contributed by atoms with E-state index in [9.17, 15) is 9.59 Å². The van der Waals surface area contributed by atoms with Gasteiger partial charge in [-0.2, -0.15) is 0 Å². The number of imidazole rings is 1. The summed E-state index contributed by atoms with van der Waals surface area (Å²) < 4.78 is 8.98. The van der Waals surface area contributed by atoms with Crippen LogP contribution in [0.25, 0.3) is 17.0 Å². The zero-order valence-corrected chi connectivity index (χ0v) is 20.0. The number of esters is 1. The lowest BCUT2D eigenvalue weighted by atomic mass is 10.1. The van der Waals surface area contributed by atoms with Crippen LogP contribution in [0.15, 0.2) is 35.3 Å². The predicted octanol–water partition coefficient (Wildman–Crippen LogP) is 5.59. The number of carbonyl (C=O) groups is 1. The third-order valence-electron chi connectivity index (χ3n) is 5.70. The van der Waals surface area contributed by atoms with Gasteiger partial charge in [-0.25, -0.2) is 4.98 Å². The van der Waals surface area contributed by atoms with E-state index in [-0.39, 0.29) is 17.9 Å². The van der Waals surface area contributed by atoms with Gasteiger partial charge in [-0.3, -0.25) is 14.0 Å². The summed E-state index contributed by atoms with van der Waals surface area (Å²) in [6.07, 6.45) is 7.78. The maximum Gasteiger partial charge on any atom is 0.310 e. The number of hydrogen-bond donors (Lipinski definition) is 0. The molecular weight excluding hydrogens is 426 g/mol. The lowest BCUT2D eigenvalue weighted by Crippen LogP contribution is -2.27. The first kappa shape index (κ1) is 24.1. The van der Waals surface area contributed by atoms with Gasteiger partial charge in [0.1, 0.15) is 0 Å². The molecule has 172 valence electrons. The first-order valence-corrected chi connectivity index (χ1v) is 11.9. The van der Waals surface area contributed by atoms with Crippen LogP contribution in [0.3, 0.4) is 0 Å². The molecule has 0 fully saturated rings. The third-order valence-corrected chi connectivity index (χ3v) is 5.96. The number of unbranched alkanes of at least 4 members (excludes halogenated alkanes) is 4. The second-order valence-corrected chi connectivity index (χ2v) is 8.57. The van der Waals surface area contributed by atoms with Crippen molar-refractivity contribution in [2.45, 2.75) is 72.3 Å². The summed E-state index contributed by atoms with van der Waals surface area (Å²) in [5, 5.41) is 0.646. The number of rotatable bonds is 11. The molecule has 1 aromatic carbocycles. The Labute approximate surface area is 194 Å². The summed E-state index contributed by atoms with van der Waals surface area (Å²) in [6.45, 7) is 7.28. The maximum atomic E-state index is 13.3. The fourth-order valence-electron chi connectivity index (χ4n) is 3.81. The van der Waals surface area contributed by atoms with Crippen molar-refractivity contribution in [3.8, 4) is 11.3 Å². The van der Waals surface area contributed by atoms with E-state index in [2.05, 4.69) is 18.4 Å². The summed E-state index contributed by atoms with van der Waals surface area (Å²) in [5.74, 6) is 0.229. The second-order valence-electron chi connectivity index (χ2n) is 8.14. The average Bonchev–Trinajstić information content (AvgIpc) is 3.22. The Bertz CT molecular complexity index is 1120. The lowest BCUT2D eigenvalue weighted by Gasteiger charge is -2.16. The Hall–Kier alpha value is -2.60. The molecule has 0 unspecified atom stereocenters. The van der Waals surface area contributed by atoms with Crippen molar-refractivity contribution in [3.05, 3.63) is 57.1 Å². The van der Waals surface area contributed by atoms with E-state index >= 15 is 0 Å². The van der Waals surface area contributed by atoms with E-state index in [0.29, 0.717) is 28.7 Å². The first-order valence-electron chi connectivity index (χ1n) is 11.5. The highest BCUT2D eigenvalue weighted by Gasteiger charge is 2.20. The monoisotopic (exact) mass is 457 g/mol. The molecule has 0 radical (unpaired) electrons. The highest BCUT2D eigenvalue weighted by atomic mass is 35.5. The number of benzene rings is 1. The van der Waals surface area contributed by atoms with Gasteiger partial charge in [0, 0.05) is 34.6 Å². The van der Waals surface area contributed by atoms with Crippen molar-refractivity contribution in [3.63, 3.8) is 0 Å². The number of aryl methyl sites for hydroxylation is 1. The normalized spacial score (nSPS) is 11.2. The summed E-state index contributed by atoms with van der Waals surface area (Å²) in [4.78, 5) is 30.5. The summed E-state index contributed by atoms with van der Waals surface area (Å²) in [6, 6.07) is 7.38. The van der Waals surface area contributed by atoms with Crippen LogP contribution in [-0.2, 0) is 22.5 Å². The lowest BCUT2D eigenvalue weighted by molar-refractivity contribution is -0.143. The van der Waals surface area contributed by atoms with E-state index in [1.54, 1.807) is 22.7 Å². The molecule has 2 aromatic heterocycles. The maximum absolute atomic E-state index is 13.3. The molecule has 0 bridgehead atoms. The number of fused-ring (bicyclic) bond motifs is 1. The van der Waals surface area contributed by atoms with E-state index in [0.717, 1.165) is 56.3 Å². The van der Waals surface area contributed by atoms with Crippen LogP contribution in [0.5, 0.6) is 0 Å². The van der Waals surface area contributed by atoms with Crippen molar-refractivity contribution in [2.24, 2.45) is 0 Å². The molecule has 6 nitrogen and oxygen atoms in total. The fourth-order valence-corrected chi connectivity index (χ4v) is 3.93. The molecule has 0 spiro atoms. The molecule has 0 saturated carbocycles. The molecule has 32 heavy (non-hydrogen) atoms. The molecule has 3 aromatic rings. The molecule has 0 aliphatic carbocycles. The summed E-state index contributed by atoms with van der Waals surface area (Å²) in [5.41, 5.74) is 2.60. The molecule has 0 aliphatic heterocycles. The van der Waals surface area contributed by atoms with Crippen LogP contribution in [-0.4, -0.2) is 26.5 Å². The third kappa shape index (κ3) is 5.60. The summed E-state index contributed by atoms with van der Waals surface area (Å²) in [7, 11) is 0. The highest BCUT2D eigenvalue weighted by Crippen LogP contribution is 2.22. The van der Waals surface area contributed by atoms with Gasteiger partial charge in [-0.1, -0.05) is 63.3 Å². The van der Waals surface area contributed by atoms with E-state index in [1.807, 2.05) is 19.1 Å². The molecule has 2 heterocycles. The predicted molar refractivity (Wildman–Crippen MR) is 128 cm³/mol. The van der Waals surface area contributed by atoms with Gasteiger partial charge >= 0.3 is 5.97 Å². The Kier molecular flexibility index (Phi) is 8.51. The van der Waals surface area contributed by atoms with Gasteiger partial charge in [-0.15, -0.1) is 0 Å². The van der Waals surface area contributed by atoms with Crippen LogP contribution in [0.1, 0.15) is 63.6 Å². The topological polar surface area (TPSA) is 65.6 Å². The number of halogens is 1. The van der Waals surface area contributed by atoms with Crippen molar-refractivity contribution >= 4 is 23.3 Å². The number of nitrogens with zero attached hydrogens (tertiary/aromatic N) is 3. The number of ether oxygens (including phenoxy) is 1. The van der Waals surface area contributed by atoms with Crippen LogP contribution in [0, 0.1) is 6.92 Å². The minimum absolute atomic E-state index is 0.0328. The average molecular weight is 458 g/mol. The molecule has 0 N–H and O–H groups in total. The Morgan fingerprint density at radius 2 is 1.75 bits per heavy atom. The Balaban J connectivity index is 2.00. The number of carbonyl (C=O) groups excluding carboxylic acids is 1. The second kappa shape index (κ2) is 11.3. The molecule has 0 aliphatic rings.